The van der Waals surface area contributed by atoms with Crippen molar-refractivity contribution in [3.63, 3.8) is 0 Å². The van der Waals surface area contributed by atoms with Crippen LogP contribution in [0.15, 0.2) is 17.4 Å². The third-order valence-electron chi connectivity index (χ3n) is 6.93. The molecule has 0 radical (unpaired) electrons. The number of aliphatic hydroxyl groups excluding tert-OH is 3. The molecule has 0 saturated carbocycles. The molecule has 2 unspecified atom stereocenters. The van der Waals surface area contributed by atoms with Crippen LogP contribution in [0.25, 0.3) is 22.3 Å². The molecule has 6 heterocycles. The summed E-state index contributed by atoms with van der Waals surface area (Å²) in [6, 6.07) is 0. The Kier molecular flexibility index (Phi) is 8.32. The molecule has 6 rings (SSSR count). The smallest absolute Gasteiger partial charge is 0.394 e. The number of phosphoric ester groups is 1. The summed E-state index contributed by atoms with van der Waals surface area (Å²) in [7, 11) is -8.50. The number of H-pyrrole nitrogens is 1. The van der Waals surface area contributed by atoms with E-state index < -0.39 is 83.9 Å². The standard InChI is InChI=1S/C19H23N11O13P2/c20-13-7-14(23-3-22-13)30(28-27-7)17-10(33)11(42-44(35)36)6(41-17)2-39-45(37,38)43-12-9(32)5(1-31)40-18(12)29-4-24-8-15(29)25-19(21)26-16(8)34/h3-6,9-12,17-18,31-33H,1-2H2,(H6-,20,21,22,23,25,26,28,34,35,36,37,38)/p+1/t5-,6-,9-,10-,11-,12-,17-,18-/m1/s1. The van der Waals surface area contributed by atoms with E-state index >= 15 is 0 Å². The number of aromatic nitrogens is 9. The van der Waals surface area contributed by atoms with Gasteiger partial charge in [0.2, 0.25) is 5.95 Å². The largest absolute Gasteiger partial charge is 0.695 e. The van der Waals surface area contributed by atoms with Gasteiger partial charge < -0.3 is 41.2 Å². The number of imidazole rings is 1. The highest BCUT2D eigenvalue weighted by Crippen LogP contribution is 2.50. The summed E-state index contributed by atoms with van der Waals surface area (Å²) < 4.78 is 53.3. The first-order chi connectivity index (χ1) is 21.4. The SMILES string of the molecule is Nc1nc2c(ncn2[C@@H]2O[C@H](CO)[C@@H](O)[C@H]2OP(=O)(O)OC[C@H]2O[C@@H](n3nnc4c(N)ncnc43)[C@H](O)[C@@H]2O[P+](=O)O)c(=O)[nH]1. The lowest BCUT2D eigenvalue weighted by Crippen LogP contribution is -2.36. The number of nitrogens with zero attached hydrogens (tertiary/aromatic N) is 8. The Morgan fingerprint density at radius 1 is 1.07 bits per heavy atom. The van der Waals surface area contributed by atoms with E-state index in [1.165, 1.54) is 0 Å². The minimum atomic E-state index is -5.19. The Hall–Kier alpha value is -3.64. The van der Waals surface area contributed by atoms with Crippen molar-refractivity contribution in [2.45, 2.75) is 49.1 Å². The fourth-order valence-corrected chi connectivity index (χ4v) is 6.33. The van der Waals surface area contributed by atoms with Gasteiger partial charge in [0.1, 0.15) is 36.8 Å². The zero-order chi connectivity index (χ0) is 32.2. The number of hydrogen-bond acceptors (Lipinski definition) is 19. The molecule has 0 spiro atoms. The first-order valence-corrected chi connectivity index (χ1v) is 15.3. The molecule has 10 atom stereocenters. The van der Waals surface area contributed by atoms with E-state index in [1.54, 1.807) is 0 Å². The van der Waals surface area contributed by atoms with Crippen LogP contribution in [0.3, 0.4) is 0 Å². The van der Waals surface area contributed by atoms with Crippen molar-refractivity contribution in [2.75, 3.05) is 24.7 Å². The van der Waals surface area contributed by atoms with E-state index in [0.717, 1.165) is 21.9 Å². The van der Waals surface area contributed by atoms with Gasteiger partial charge >= 0.3 is 16.1 Å². The minimum absolute atomic E-state index is 0.0291. The fraction of sp³-hybridized carbons (Fsp3) is 0.526. The highest BCUT2D eigenvalue weighted by Gasteiger charge is 2.53. The van der Waals surface area contributed by atoms with Gasteiger partial charge in [0.25, 0.3) is 5.56 Å². The van der Waals surface area contributed by atoms with Gasteiger partial charge in [-0.1, -0.05) is 5.21 Å². The van der Waals surface area contributed by atoms with Crippen molar-refractivity contribution in [2.24, 2.45) is 0 Å². The predicted molar refractivity (Wildman–Crippen MR) is 142 cm³/mol. The molecule has 26 heteroatoms. The van der Waals surface area contributed by atoms with Crippen molar-refractivity contribution in [1.82, 2.24) is 44.5 Å². The lowest BCUT2D eigenvalue weighted by molar-refractivity contribution is -0.0644. The number of aromatic amines is 1. The second-order valence-electron chi connectivity index (χ2n) is 9.68. The van der Waals surface area contributed by atoms with Crippen LogP contribution < -0.4 is 17.0 Å². The van der Waals surface area contributed by atoms with Gasteiger partial charge in [-0.25, -0.2) is 19.5 Å². The van der Waals surface area contributed by atoms with Crippen LogP contribution in [0.4, 0.5) is 11.8 Å². The molecule has 2 saturated heterocycles. The minimum Gasteiger partial charge on any atom is -0.394 e. The van der Waals surface area contributed by atoms with Gasteiger partial charge in [0.15, 0.2) is 46.7 Å². The van der Waals surface area contributed by atoms with Crippen molar-refractivity contribution < 1.29 is 57.3 Å². The van der Waals surface area contributed by atoms with Crippen LogP contribution in [0, 0.1) is 0 Å². The molecule has 10 N–H and O–H groups in total. The molecule has 2 aliphatic heterocycles. The second-order valence-corrected chi connectivity index (χ2v) is 11.8. The molecule has 2 aliphatic rings. The average molecular weight is 676 g/mol. The molecule has 0 aromatic carbocycles. The molecular weight excluding hydrogens is 652 g/mol. The molecule has 24 nitrogen and oxygen atoms in total. The summed E-state index contributed by atoms with van der Waals surface area (Å²) in [6.07, 6.45) is -10.3. The highest BCUT2D eigenvalue weighted by atomic mass is 31.2. The van der Waals surface area contributed by atoms with Gasteiger partial charge in [0, 0.05) is 4.57 Å². The fourth-order valence-electron chi connectivity index (χ4n) is 4.93. The van der Waals surface area contributed by atoms with E-state index in [2.05, 4.69) is 35.2 Å². The van der Waals surface area contributed by atoms with Crippen LogP contribution >= 0.6 is 16.1 Å². The third-order valence-corrected chi connectivity index (χ3v) is 8.34. The summed E-state index contributed by atoms with van der Waals surface area (Å²) in [5, 5.41) is 39.0. The van der Waals surface area contributed by atoms with Crippen molar-refractivity contribution >= 4 is 50.2 Å². The second kappa shape index (κ2) is 11.9. The third kappa shape index (κ3) is 5.78. The van der Waals surface area contributed by atoms with Gasteiger partial charge in [-0.15, -0.1) is 14.5 Å². The number of anilines is 2. The Balaban J connectivity index is 1.22. The first-order valence-electron chi connectivity index (χ1n) is 12.7. The molecule has 0 bridgehead atoms. The maximum Gasteiger partial charge on any atom is 0.695 e. The van der Waals surface area contributed by atoms with E-state index in [1.807, 2.05) is 0 Å². The highest BCUT2D eigenvalue weighted by molar-refractivity contribution is 7.47. The maximum absolute atomic E-state index is 13.1. The number of nitrogens with one attached hydrogen (secondary N) is 1. The van der Waals surface area contributed by atoms with Crippen LogP contribution in [0.2, 0.25) is 0 Å². The van der Waals surface area contributed by atoms with Crippen LogP contribution in [-0.4, -0.2) is 119 Å². The Morgan fingerprint density at radius 3 is 2.56 bits per heavy atom. The average Bonchev–Trinajstić information content (AvgIpc) is 3.73. The molecule has 4 aromatic heterocycles. The van der Waals surface area contributed by atoms with Gasteiger partial charge in [0.05, 0.1) is 19.5 Å². The number of aliphatic hydroxyl groups is 3. The van der Waals surface area contributed by atoms with E-state index in [-0.39, 0.29) is 34.1 Å². The van der Waals surface area contributed by atoms with Crippen molar-refractivity contribution in [3.05, 3.63) is 23.0 Å². The molecule has 45 heavy (non-hydrogen) atoms. The zero-order valence-corrected chi connectivity index (χ0v) is 24.1. The number of rotatable bonds is 10. The Bertz CT molecular complexity index is 1850. The number of hydrogen-bond donors (Lipinski definition) is 8. The summed E-state index contributed by atoms with van der Waals surface area (Å²) >= 11 is 0. The summed E-state index contributed by atoms with van der Waals surface area (Å²) in [4.78, 5) is 50.2. The van der Waals surface area contributed by atoms with Gasteiger partial charge in [-0.05, 0) is 0 Å². The molecular formula is C19H24N11O13P2+. The zero-order valence-electron chi connectivity index (χ0n) is 22.3. The number of fused-ring (bicyclic) bond motifs is 2. The summed E-state index contributed by atoms with van der Waals surface area (Å²) in [5.41, 5.74) is 10.5. The summed E-state index contributed by atoms with van der Waals surface area (Å²) in [5.74, 6) is -0.314. The molecule has 0 amide bonds. The molecule has 242 valence electrons. The lowest BCUT2D eigenvalue weighted by atomic mass is 10.1. The number of ether oxygens (including phenoxy) is 2. The van der Waals surface area contributed by atoms with Crippen molar-refractivity contribution in [3.8, 4) is 0 Å². The molecule has 2 fully saturated rings. The maximum atomic E-state index is 13.1. The van der Waals surface area contributed by atoms with Gasteiger partial charge in [-0.2, -0.15) is 9.67 Å². The Morgan fingerprint density at radius 2 is 1.82 bits per heavy atom. The van der Waals surface area contributed by atoms with Gasteiger partial charge in [-0.3, -0.25) is 23.4 Å². The van der Waals surface area contributed by atoms with E-state index in [4.69, 9.17) is 34.5 Å². The monoisotopic (exact) mass is 676 g/mol. The van der Waals surface area contributed by atoms with E-state index in [0.29, 0.717) is 0 Å². The van der Waals surface area contributed by atoms with Crippen LogP contribution in [-0.2, 0) is 32.2 Å². The lowest BCUT2D eigenvalue weighted by Gasteiger charge is -2.24. The molecule has 4 aromatic rings. The number of nitrogens with two attached hydrogens (primary N) is 2. The molecule has 0 aliphatic carbocycles. The number of phosphoric acid groups is 1. The van der Waals surface area contributed by atoms with Crippen LogP contribution in [0.5, 0.6) is 0 Å². The van der Waals surface area contributed by atoms with E-state index in [9.17, 15) is 39.0 Å². The topological polar surface area (TPSA) is 354 Å². The Labute approximate surface area is 249 Å². The van der Waals surface area contributed by atoms with Crippen LogP contribution in [0.1, 0.15) is 12.5 Å². The van der Waals surface area contributed by atoms with Crippen molar-refractivity contribution in [1.29, 1.82) is 0 Å². The quantitative estimate of drug-likeness (QED) is 0.0757. The normalized spacial score (nSPS) is 30.3. The summed E-state index contributed by atoms with van der Waals surface area (Å²) in [6.45, 7) is -1.61. The predicted octanol–water partition coefficient (Wildman–Crippen LogP) is -3.44. The number of nitrogen functional groups attached to an aromatic ring is 2. The first kappa shape index (κ1) is 31.3.